The molecule has 1 heterocycles. The van der Waals surface area contributed by atoms with E-state index in [2.05, 4.69) is 26.3 Å². The van der Waals surface area contributed by atoms with Crippen LogP contribution in [0.15, 0.2) is 46.9 Å². The van der Waals surface area contributed by atoms with Crippen LogP contribution in [0.25, 0.3) is 0 Å². The molecule has 1 aromatic heterocycles. The molecule has 2 aromatic carbocycles. The maximum absolute atomic E-state index is 12.3. The molecule has 30 heavy (non-hydrogen) atoms. The highest BCUT2D eigenvalue weighted by atomic mass is 79.9. The molecule has 0 unspecified atom stereocenters. The molecule has 158 valence electrons. The molecule has 0 bridgehead atoms. The molecule has 3 aromatic rings. The van der Waals surface area contributed by atoms with Crippen LogP contribution in [0.3, 0.4) is 0 Å². The summed E-state index contributed by atoms with van der Waals surface area (Å²) in [5.41, 5.74) is 2.21. The molecule has 0 radical (unpaired) electrons. The molecule has 0 aliphatic carbocycles. The van der Waals surface area contributed by atoms with Gasteiger partial charge in [-0.2, -0.15) is 5.10 Å². The van der Waals surface area contributed by atoms with Gasteiger partial charge in [0.15, 0.2) is 0 Å². The third-order valence-electron chi connectivity index (χ3n) is 4.33. The van der Waals surface area contributed by atoms with Crippen molar-refractivity contribution in [2.45, 2.75) is 26.5 Å². The minimum Gasteiger partial charge on any atom is -0.487 e. The first-order valence-electron chi connectivity index (χ1n) is 9.18. The Labute approximate surface area is 198 Å². The quantitative estimate of drug-likeness (QED) is 0.347. The standard InChI is InChI=1S/C21H19BrCl3N3O2/c1-13-19(24)20(25)28(27-13)10-2-9-26-21(29)15-5-3-14(4-6-15)12-30-18-8-7-16(22)11-17(18)23/h3-8,11H,2,9-10,12H2,1H3,(H,26,29). The Hall–Kier alpha value is -1.73. The highest BCUT2D eigenvalue weighted by Crippen LogP contribution is 2.28. The number of carbonyl (C=O) groups is 1. The number of nitrogens with one attached hydrogen (secondary N) is 1. The fraction of sp³-hybridized carbons (Fsp3) is 0.238. The Kier molecular flexibility index (Phi) is 8.06. The number of aryl methyl sites for hydroxylation is 2. The first kappa shape index (κ1) is 22.9. The molecule has 0 fully saturated rings. The van der Waals surface area contributed by atoms with Crippen molar-refractivity contribution in [2.75, 3.05) is 6.54 Å². The van der Waals surface area contributed by atoms with Crippen LogP contribution >= 0.6 is 50.7 Å². The van der Waals surface area contributed by atoms with Crippen molar-refractivity contribution in [2.24, 2.45) is 0 Å². The van der Waals surface area contributed by atoms with Gasteiger partial charge in [0, 0.05) is 23.1 Å². The number of halogens is 4. The SMILES string of the molecule is Cc1nn(CCCNC(=O)c2ccc(COc3ccc(Br)cc3Cl)cc2)c(Cl)c1Cl. The van der Waals surface area contributed by atoms with Crippen molar-refractivity contribution in [3.63, 3.8) is 0 Å². The molecular weight excluding hydrogens is 513 g/mol. The zero-order valence-electron chi connectivity index (χ0n) is 16.1. The summed E-state index contributed by atoms with van der Waals surface area (Å²) in [5.74, 6) is 0.467. The van der Waals surface area contributed by atoms with E-state index in [1.807, 2.05) is 18.2 Å². The lowest BCUT2D eigenvalue weighted by atomic mass is 10.1. The normalized spacial score (nSPS) is 10.8. The fourth-order valence-corrected chi connectivity index (χ4v) is 3.84. The predicted octanol–water partition coefficient (Wildman–Crippen LogP) is 6.31. The van der Waals surface area contributed by atoms with E-state index in [1.165, 1.54) is 0 Å². The zero-order chi connectivity index (χ0) is 21.7. The van der Waals surface area contributed by atoms with Gasteiger partial charge in [-0.3, -0.25) is 9.48 Å². The van der Waals surface area contributed by atoms with Gasteiger partial charge >= 0.3 is 0 Å². The molecule has 0 atom stereocenters. The van der Waals surface area contributed by atoms with E-state index in [9.17, 15) is 4.79 Å². The molecule has 9 heteroatoms. The second kappa shape index (κ2) is 10.5. The summed E-state index contributed by atoms with van der Waals surface area (Å²) in [7, 11) is 0. The van der Waals surface area contributed by atoms with Gasteiger partial charge in [-0.25, -0.2) is 0 Å². The predicted molar refractivity (Wildman–Crippen MR) is 124 cm³/mol. The van der Waals surface area contributed by atoms with Crippen molar-refractivity contribution in [1.82, 2.24) is 15.1 Å². The lowest BCUT2D eigenvalue weighted by molar-refractivity contribution is 0.0952. The number of nitrogens with zero attached hydrogens (tertiary/aromatic N) is 2. The fourth-order valence-electron chi connectivity index (χ4n) is 2.72. The number of aromatic nitrogens is 2. The minimum atomic E-state index is -0.140. The van der Waals surface area contributed by atoms with E-state index in [4.69, 9.17) is 39.5 Å². The third kappa shape index (κ3) is 5.91. The van der Waals surface area contributed by atoms with Crippen LogP contribution in [-0.2, 0) is 13.2 Å². The smallest absolute Gasteiger partial charge is 0.251 e. The first-order chi connectivity index (χ1) is 14.3. The van der Waals surface area contributed by atoms with Crippen LogP contribution in [-0.4, -0.2) is 22.2 Å². The molecule has 0 spiro atoms. The molecule has 0 saturated heterocycles. The monoisotopic (exact) mass is 529 g/mol. The van der Waals surface area contributed by atoms with Crippen LogP contribution in [0, 0.1) is 6.92 Å². The van der Waals surface area contributed by atoms with E-state index in [0.717, 1.165) is 10.0 Å². The van der Waals surface area contributed by atoms with Gasteiger partial charge in [0.05, 0.1) is 10.7 Å². The van der Waals surface area contributed by atoms with Crippen molar-refractivity contribution >= 4 is 56.6 Å². The molecule has 0 aliphatic heterocycles. The van der Waals surface area contributed by atoms with Gasteiger partial charge in [0.25, 0.3) is 5.91 Å². The largest absolute Gasteiger partial charge is 0.487 e. The highest BCUT2D eigenvalue weighted by Gasteiger charge is 2.11. The maximum Gasteiger partial charge on any atom is 0.251 e. The average Bonchev–Trinajstić information content (AvgIpc) is 2.97. The van der Waals surface area contributed by atoms with Gasteiger partial charge in [0.2, 0.25) is 0 Å². The van der Waals surface area contributed by atoms with Crippen molar-refractivity contribution < 1.29 is 9.53 Å². The molecule has 3 rings (SSSR count). The minimum absolute atomic E-state index is 0.140. The van der Waals surface area contributed by atoms with E-state index >= 15 is 0 Å². The first-order valence-corrected chi connectivity index (χ1v) is 11.1. The maximum atomic E-state index is 12.3. The van der Waals surface area contributed by atoms with E-state index < -0.39 is 0 Å². The lowest BCUT2D eigenvalue weighted by Gasteiger charge is -2.09. The van der Waals surface area contributed by atoms with Gasteiger partial charge in [-0.15, -0.1) is 0 Å². The number of rotatable bonds is 8. The molecule has 0 saturated carbocycles. The Balaban J connectivity index is 1.45. The van der Waals surface area contributed by atoms with Gasteiger partial charge in [-0.1, -0.05) is 62.9 Å². The average molecular weight is 532 g/mol. The summed E-state index contributed by atoms with van der Waals surface area (Å²) in [4.78, 5) is 12.3. The number of hydrogen-bond acceptors (Lipinski definition) is 3. The van der Waals surface area contributed by atoms with Gasteiger partial charge in [0.1, 0.15) is 22.5 Å². The Bertz CT molecular complexity index is 1040. The second-order valence-corrected chi connectivity index (χ2v) is 8.64. The number of amides is 1. The summed E-state index contributed by atoms with van der Waals surface area (Å²) >= 11 is 21.6. The van der Waals surface area contributed by atoms with Crippen LogP contribution in [0.5, 0.6) is 5.75 Å². The van der Waals surface area contributed by atoms with Crippen LogP contribution in [0.1, 0.15) is 28.0 Å². The van der Waals surface area contributed by atoms with Gasteiger partial charge in [-0.05, 0) is 49.2 Å². The Morgan fingerprint density at radius 3 is 2.53 bits per heavy atom. The molecule has 0 aliphatic rings. The number of hydrogen-bond donors (Lipinski definition) is 1. The van der Waals surface area contributed by atoms with Gasteiger partial charge < -0.3 is 10.1 Å². The van der Waals surface area contributed by atoms with Crippen molar-refractivity contribution in [3.05, 3.63) is 79.0 Å². The molecule has 1 amide bonds. The Morgan fingerprint density at radius 1 is 1.17 bits per heavy atom. The summed E-state index contributed by atoms with van der Waals surface area (Å²) in [6, 6.07) is 12.7. The summed E-state index contributed by atoms with van der Waals surface area (Å²) in [6.45, 7) is 3.23. The number of benzene rings is 2. The summed E-state index contributed by atoms with van der Waals surface area (Å²) in [5, 5.41) is 8.57. The van der Waals surface area contributed by atoms with E-state index in [0.29, 0.717) is 58.3 Å². The Morgan fingerprint density at radius 2 is 1.90 bits per heavy atom. The zero-order valence-corrected chi connectivity index (χ0v) is 19.9. The molecule has 1 N–H and O–H groups in total. The summed E-state index contributed by atoms with van der Waals surface area (Å²) in [6.07, 6.45) is 0.683. The van der Waals surface area contributed by atoms with Crippen LogP contribution in [0.4, 0.5) is 0 Å². The topological polar surface area (TPSA) is 56.2 Å². The van der Waals surface area contributed by atoms with E-state index in [1.54, 1.807) is 35.9 Å². The third-order valence-corrected chi connectivity index (χ3v) is 6.05. The molecular formula is C21H19BrCl3N3O2. The second-order valence-electron chi connectivity index (χ2n) is 6.58. The van der Waals surface area contributed by atoms with Crippen molar-refractivity contribution in [3.8, 4) is 5.75 Å². The van der Waals surface area contributed by atoms with Crippen LogP contribution < -0.4 is 10.1 Å². The lowest BCUT2D eigenvalue weighted by Crippen LogP contribution is -2.25. The number of carbonyl (C=O) groups excluding carboxylic acids is 1. The van der Waals surface area contributed by atoms with Crippen molar-refractivity contribution in [1.29, 1.82) is 0 Å². The number of ether oxygens (including phenoxy) is 1. The molecule has 5 nitrogen and oxygen atoms in total. The van der Waals surface area contributed by atoms with E-state index in [-0.39, 0.29) is 5.91 Å². The van der Waals surface area contributed by atoms with Crippen LogP contribution in [0.2, 0.25) is 15.2 Å². The summed E-state index contributed by atoms with van der Waals surface area (Å²) < 4.78 is 8.27. The highest BCUT2D eigenvalue weighted by molar-refractivity contribution is 9.10.